The van der Waals surface area contributed by atoms with Gasteiger partial charge >= 0.3 is 0 Å². The van der Waals surface area contributed by atoms with Crippen molar-refractivity contribution in [3.8, 4) is 0 Å². The maximum absolute atomic E-state index is 13.5. The van der Waals surface area contributed by atoms with E-state index < -0.39 is 21.9 Å². The molecule has 0 radical (unpaired) electrons. The number of rotatable bonds is 7. The number of hydrogen-bond acceptors (Lipinski definition) is 4. The molecule has 3 aromatic rings. The molecule has 2 amide bonds. The van der Waals surface area contributed by atoms with Crippen LogP contribution in [0.15, 0.2) is 89.8 Å². The first-order valence-electron chi connectivity index (χ1n) is 11.3. The summed E-state index contributed by atoms with van der Waals surface area (Å²) in [5.74, 6) is -1.09. The maximum Gasteiger partial charge on any atom is 0.251 e. The predicted molar refractivity (Wildman–Crippen MR) is 129 cm³/mol. The molecule has 182 valence electrons. The van der Waals surface area contributed by atoms with Gasteiger partial charge in [-0.05, 0) is 35.9 Å². The highest BCUT2D eigenvalue weighted by molar-refractivity contribution is 7.89. The standard InChI is InChI=1S/C26H26FN3O4S/c27-22-12-7-13-23(18-22)35(33,34)30-16-14-29(15-17-30)25(31)19-24(20-8-3-1-4-9-20)28-26(32)21-10-5-2-6-11-21/h1-13,18,24H,14-17,19H2,(H,28,32). The molecule has 9 heteroatoms. The molecule has 35 heavy (non-hydrogen) atoms. The van der Waals surface area contributed by atoms with E-state index >= 15 is 0 Å². The molecule has 0 bridgehead atoms. The van der Waals surface area contributed by atoms with Crippen LogP contribution in [0.2, 0.25) is 0 Å². The number of amides is 2. The van der Waals surface area contributed by atoms with E-state index in [1.165, 1.54) is 22.5 Å². The van der Waals surface area contributed by atoms with Crippen LogP contribution in [0, 0.1) is 5.82 Å². The van der Waals surface area contributed by atoms with Crippen molar-refractivity contribution in [2.75, 3.05) is 26.2 Å². The van der Waals surface area contributed by atoms with Gasteiger partial charge in [0.2, 0.25) is 15.9 Å². The van der Waals surface area contributed by atoms with Gasteiger partial charge in [0.05, 0.1) is 17.4 Å². The van der Waals surface area contributed by atoms with Crippen molar-refractivity contribution < 1.29 is 22.4 Å². The first-order chi connectivity index (χ1) is 16.8. The molecule has 7 nitrogen and oxygen atoms in total. The minimum absolute atomic E-state index is 0.0409. The summed E-state index contributed by atoms with van der Waals surface area (Å²) in [5.41, 5.74) is 1.30. The number of carbonyl (C=O) groups excluding carboxylic acids is 2. The van der Waals surface area contributed by atoms with Crippen LogP contribution in [-0.2, 0) is 14.8 Å². The molecule has 0 aliphatic carbocycles. The number of sulfonamides is 1. The van der Waals surface area contributed by atoms with Gasteiger partial charge < -0.3 is 10.2 Å². The van der Waals surface area contributed by atoms with Crippen molar-refractivity contribution in [2.45, 2.75) is 17.4 Å². The zero-order valence-electron chi connectivity index (χ0n) is 19.0. The van der Waals surface area contributed by atoms with E-state index in [4.69, 9.17) is 0 Å². The monoisotopic (exact) mass is 495 g/mol. The van der Waals surface area contributed by atoms with Gasteiger partial charge in [0.1, 0.15) is 5.82 Å². The molecule has 1 heterocycles. The minimum atomic E-state index is -3.85. The van der Waals surface area contributed by atoms with E-state index in [0.29, 0.717) is 5.56 Å². The molecule has 1 N–H and O–H groups in total. The Morgan fingerprint density at radius 3 is 2.11 bits per heavy atom. The van der Waals surface area contributed by atoms with Crippen LogP contribution in [0.25, 0.3) is 0 Å². The van der Waals surface area contributed by atoms with E-state index in [9.17, 15) is 22.4 Å². The third-order valence-corrected chi connectivity index (χ3v) is 7.84. The number of carbonyl (C=O) groups is 2. The fourth-order valence-electron chi connectivity index (χ4n) is 4.03. The molecule has 0 spiro atoms. The van der Waals surface area contributed by atoms with E-state index in [2.05, 4.69) is 5.32 Å². The molecule has 4 rings (SSSR count). The van der Waals surface area contributed by atoms with Gasteiger partial charge in [0, 0.05) is 31.7 Å². The zero-order valence-corrected chi connectivity index (χ0v) is 19.8. The summed E-state index contributed by atoms with van der Waals surface area (Å²) in [7, 11) is -3.85. The van der Waals surface area contributed by atoms with Gasteiger partial charge in [-0.1, -0.05) is 54.6 Å². The highest BCUT2D eigenvalue weighted by Gasteiger charge is 2.31. The number of halogens is 1. The summed E-state index contributed by atoms with van der Waals surface area (Å²) in [6.07, 6.45) is 0.0409. The Bertz CT molecular complexity index is 1280. The number of hydrogen-bond donors (Lipinski definition) is 1. The second-order valence-corrected chi connectivity index (χ2v) is 10.2. The van der Waals surface area contributed by atoms with Crippen LogP contribution in [-0.4, -0.2) is 55.6 Å². The van der Waals surface area contributed by atoms with Crippen molar-refractivity contribution in [3.63, 3.8) is 0 Å². The van der Waals surface area contributed by atoms with Gasteiger partial charge in [-0.25, -0.2) is 12.8 Å². The lowest BCUT2D eigenvalue weighted by Crippen LogP contribution is -2.51. The van der Waals surface area contributed by atoms with Gasteiger partial charge in [0.15, 0.2) is 0 Å². The molecule has 1 saturated heterocycles. The second kappa shape index (κ2) is 10.8. The van der Waals surface area contributed by atoms with Crippen molar-refractivity contribution >= 4 is 21.8 Å². The molecule has 1 aliphatic heterocycles. The van der Waals surface area contributed by atoms with Crippen molar-refractivity contribution in [1.82, 2.24) is 14.5 Å². The molecule has 1 aliphatic rings. The third kappa shape index (κ3) is 5.93. The van der Waals surface area contributed by atoms with Crippen LogP contribution >= 0.6 is 0 Å². The largest absolute Gasteiger partial charge is 0.345 e. The van der Waals surface area contributed by atoms with Crippen LogP contribution in [0.4, 0.5) is 4.39 Å². The summed E-state index contributed by atoms with van der Waals surface area (Å²) < 4.78 is 40.5. The van der Waals surface area contributed by atoms with Crippen LogP contribution in [0.1, 0.15) is 28.4 Å². The molecular weight excluding hydrogens is 469 g/mol. The summed E-state index contributed by atoms with van der Waals surface area (Å²) in [5, 5.41) is 2.95. The normalized spacial score (nSPS) is 15.4. The Labute approximate surface area is 204 Å². The lowest BCUT2D eigenvalue weighted by atomic mass is 10.0. The first-order valence-corrected chi connectivity index (χ1v) is 12.7. The summed E-state index contributed by atoms with van der Waals surface area (Å²) in [4.78, 5) is 27.4. The highest BCUT2D eigenvalue weighted by atomic mass is 32.2. The van der Waals surface area contributed by atoms with Gasteiger partial charge in [-0.15, -0.1) is 0 Å². The summed E-state index contributed by atoms with van der Waals surface area (Å²) >= 11 is 0. The second-order valence-electron chi connectivity index (χ2n) is 8.25. The van der Waals surface area contributed by atoms with Crippen LogP contribution < -0.4 is 5.32 Å². The topological polar surface area (TPSA) is 86.8 Å². The summed E-state index contributed by atoms with van der Waals surface area (Å²) in [6, 6.07) is 22.4. The van der Waals surface area contributed by atoms with Crippen molar-refractivity contribution in [1.29, 1.82) is 0 Å². The smallest absolute Gasteiger partial charge is 0.251 e. The molecule has 1 atom stereocenters. The van der Waals surface area contributed by atoms with Crippen molar-refractivity contribution in [3.05, 3.63) is 102 Å². The lowest BCUT2D eigenvalue weighted by Gasteiger charge is -2.34. The van der Waals surface area contributed by atoms with Gasteiger partial charge in [-0.2, -0.15) is 4.31 Å². The minimum Gasteiger partial charge on any atom is -0.345 e. The molecule has 0 saturated carbocycles. The van der Waals surface area contributed by atoms with E-state index in [1.54, 1.807) is 29.2 Å². The number of nitrogens with one attached hydrogen (secondary N) is 1. The molecule has 3 aromatic carbocycles. The Kier molecular flexibility index (Phi) is 7.57. The molecule has 1 fully saturated rings. The predicted octanol–water partition coefficient (Wildman–Crippen LogP) is 3.22. The maximum atomic E-state index is 13.5. The van der Waals surface area contributed by atoms with E-state index in [0.717, 1.165) is 11.6 Å². The SMILES string of the molecule is O=C(NC(CC(=O)N1CCN(S(=O)(=O)c2cccc(F)c2)CC1)c1ccccc1)c1ccccc1. The fraction of sp³-hybridized carbons (Fsp3) is 0.231. The Morgan fingerprint density at radius 2 is 1.49 bits per heavy atom. The van der Waals surface area contributed by atoms with Crippen LogP contribution in [0.5, 0.6) is 0 Å². The Hall–Kier alpha value is -3.56. The molecule has 1 unspecified atom stereocenters. The molecule has 0 aromatic heterocycles. The number of benzene rings is 3. The van der Waals surface area contributed by atoms with E-state index in [-0.39, 0.29) is 49.3 Å². The van der Waals surface area contributed by atoms with E-state index in [1.807, 2.05) is 36.4 Å². The summed E-state index contributed by atoms with van der Waals surface area (Å²) in [6.45, 7) is 0.636. The highest BCUT2D eigenvalue weighted by Crippen LogP contribution is 2.22. The zero-order chi connectivity index (χ0) is 24.8. The lowest BCUT2D eigenvalue weighted by molar-refractivity contribution is -0.132. The van der Waals surface area contributed by atoms with Gasteiger partial charge in [0.25, 0.3) is 5.91 Å². The van der Waals surface area contributed by atoms with Gasteiger partial charge in [-0.3, -0.25) is 9.59 Å². The first kappa shape index (κ1) is 24.6. The van der Waals surface area contributed by atoms with Crippen LogP contribution in [0.3, 0.4) is 0 Å². The number of piperazine rings is 1. The Balaban J connectivity index is 1.42. The van der Waals surface area contributed by atoms with Crippen molar-refractivity contribution in [2.24, 2.45) is 0 Å². The average Bonchev–Trinajstić information content (AvgIpc) is 2.89. The number of nitrogens with zero attached hydrogens (tertiary/aromatic N) is 2. The third-order valence-electron chi connectivity index (χ3n) is 5.95. The quantitative estimate of drug-likeness (QED) is 0.545. The fourth-order valence-corrected chi connectivity index (χ4v) is 5.48. The average molecular weight is 496 g/mol. The molecular formula is C26H26FN3O4S. The Morgan fingerprint density at radius 1 is 0.857 bits per heavy atom.